The van der Waals surface area contributed by atoms with Crippen LogP contribution in [0.15, 0.2) is 23.1 Å². The lowest BCUT2D eigenvalue weighted by Crippen LogP contribution is -2.51. The van der Waals surface area contributed by atoms with Crippen molar-refractivity contribution in [2.24, 2.45) is 0 Å². The van der Waals surface area contributed by atoms with Crippen LogP contribution in [0.5, 0.6) is 0 Å². The monoisotopic (exact) mass is 311 g/mol. The quantitative estimate of drug-likeness (QED) is 0.859. The Kier molecular flexibility index (Phi) is 4.91. The zero-order chi connectivity index (χ0) is 15.6. The smallest absolute Gasteiger partial charge is 0.245 e. The van der Waals surface area contributed by atoms with E-state index in [1.54, 1.807) is 22.5 Å². The SMILES string of the molecule is CCC(C)N1CCN(S(=O)(=O)c2ccc(C)cc2N)CC1. The number of hydrogen-bond donors (Lipinski definition) is 1. The van der Waals surface area contributed by atoms with Gasteiger partial charge in [0.15, 0.2) is 0 Å². The molecular weight excluding hydrogens is 286 g/mol. The lowest BCUT2D eigenvalue weighted by molar-refractivity contribution is 0.142. The Balaban J connectivity index is 2.15. The van der Waals surface area contributed by atoms with Gasteiger partial charge in [-0.2, -0.15) is 4.31 Å². The van der Waals surface area contributed by atoms with E-state index >= 15 is 0 Å². The summed E-state index contributed by atoms with van der Waals surface area (Å²) in [6.45, 7) is 8.85. The highest BCUT2D eigenvalue weighted by Gasteiger charge is 2.30. The lowest BCUT2D eigenvalue weighted by atomic mass is 10.2. The normalized spacial score (nSPS) is 19.6. The van der Waals surface area contributed by atoms with Crippen LogP contribution in [0.2, 0.25) is 0 Å². The van der Waals surface area contributed by atoms with Gasteiger partial charge in [-0.25, -0.2) is 8.42 Å². The molecule has 1 aliphatic rings. The molecule has 0 amide bonds. The highest BCUT2D eigenvalue weighted by molar-refractivity contribution is 7.89. The van der Waals surface area contributed by atoms with Gasteiger partial charge in [0.25, 0.3) is 0 Å². The van der Waals surface area contributed by atoms with Crippen LogP contribution in [-0.4, -0.2) is 49.8 Å². The number of nitrogens with zero attached hydrogens (tertiary/aromatic N) is 2. The summed E-state index contributed by atoms with van der Waals surface area (Å²) >= 11 is 0. The minimum absolute atomic E-state index is 0.227. The second-order valence-corrected chi connectivity index (χ2v) is 7.64. The molecule has 1 atom stereocenters. The summed E-state index contributed by atoms with van der Waals surface area (Å²) in [6, 6.07) is 5.61. The Labute approximate surface area is 127 Å². The molecular formula is C15H25N3O2S. The van der Waals surface area contributed by atoms with Gasteiger partial charge in [0.1, 0.15) is 4.90 Å². The van der Waals surface area contributed by atoms with E-state index in [2.05, 4.69) is 18.7 Å². The summed E-state index contributed by atoms with van der Waals surface area (Å²) in [5, 5.41) is 0. The van der Waals surface area contributed by atoms with Crippen LogP contribution in [0.1, 0.15) is 25.8 Å². The number of sulfonamides is 1. The van der Waals surface area contributed by atoms with Gasteiger partial charge in [-0.3, -0.25) is 4.90 Å². The third-order valence-corrected chi connectivity index (χ3v) is 6.24. The summed E-state index contributed by atoms with van der Waals surface area (Å²) in [5.41, 5.74) is 7.19. The molecule has 1 fully saturated rings. The minimum Gasteiger partial charge on any atom is -0.398 e. The number of benzene rings is 1. The van der Waals surface area contributed by atoms with Crippen LogP contribution in [0.4, 0.5) is 5.69 Å². The van der Waals surface area contributed by atoms with E-state index in [4.69, 9.17) is 5.73 Å². The van der Waals surface area contributed by atoms with E-state index in [0.717, 1.165) is 25.1 Å². The fourth-order valence-electron chi connectivity index (χ4n) is 2.68. The molecule has 5 nitrogen and oxygen atoms in total. The number of rotatable bonds is 4. The maximum Gasteiger partial charge on any atom is 0.245 e. The molecule has 2 N–H and O–H groups in total. The molecule has 0 aromatic heterocycles. The van der Waals surface area contributed by atoms with Crippen molar-refractivity contribution in [1.82, 2.24) is 9.21 Å². The second-order valence-electron chi connectivity index (χ2n) is 5.74. The van der Waals surface area contributed by atoms with Gasteiger partial charge < -0.3 is 5.73 Å². The molecule has 0 spiro atoms. The van der Waals surface area contributed by atoms with Gasteiger partial charge in [0.2, 0.25) is 10.0 Å². The molecule has 1 aromatic rings. The molecule has 1 aromatic carbocycles. The topological polar surface area (TPSA) is 66.6 Å². The Morgan fingerprint density at radius 2 is 1.86 bits per heavy atom. The average Bonchev–Trinajstić information content (AvgIpc) is 2.46. The van der Waals surface area contributed by atoms with Crippen molar-refractivity contribution in [2.45, 2.75) is 38.1 Å². The molecule has 0 saturated carbocycles. The molecule has 1 saturated heterocycles. The zero-order valence-corrected chi connectivity index (χ0v) is 13.9. The minimum atomic E-state index is -3.48. The first-order chi connectivity index (χ1) is 9.86. The van der Waals surface area contributed by atoms with Gasteiger partial charge in [-0.15, -0.1) is 0 Å². The first-order valence-electron chi connectivity index (χ1n) is 7.46. The fraction of sp³-hybridized carbons (Fsp3) is 0.600. The van der Waals surface area contributed by atoms with Crippen molar-refractivity contribution < 1.29 is 8.42 Å². The average molecular weight is 311 g/mol. The maximum atomic E-state index is 12.7. The number of aryl methyl sites for hydroxylation is 1. The first kappa shape index (κ1) is 16.3. The molecule has 1 heterocycles. The third kappa shape index (κ3) is 3.39. The summed E-state index contributed by atoms with van der Waals surface area (Å²) in [6.07, 6.45) is 1.08. The lowest BCUT2D eigenvalue weighted by Gasteiger charge is -2.37. The Morgan fingerprint density at radius 3 is 2.38 bits per heavy atom. The van der Waals surface area contributed by atoms with Crippen LogP contribution in [0.25, 0.3) is 0 Å². The Bertz CT molecular complexity index is 593. The van der Waals surface area contributed by atoms with Gasteiger partial charge in [0.05, 0.1) is 5.69 Å². The second kappa shape index (κ2) is 6.34. The highest BCUT2D eigenvalue weighted by Crippen LogP contribution is 2.24. The van der Waals surface area contributed by atoms with Crippen molar-refractivity contribution in [2.75, 3.05) is 31.9 Å². The predicted octanol–water partition coefficient (Wildman–Crippen LogP) is 1.68. The molecule has 6 heteroatoms. The standard InChI is InChI=1S/C15H25N3O2S/c1-4-13(3)17-7-9-18(10-8-17)21(19,20)15-6-5-12(2)11-14(15)16/h5-6,11,13H,4,7-10,16H2,1-3H3. The van der Waals surface area contributed by atoms with E-state index in [1.165, 1.54) is 0 Å². The summed E-state index contributed by atoms with van der Waals surface area (Å²) in [4.78, 5) is 2.56. The highest BCUT2D eigenvalue weighted by atomic mass is 32.2. The molecule has 2 rings (SSSR count). The number of piperazine rings is 1. The first-order valence-corrected chi connectivity index (χ1v) is 8.90. The summed E-state index contributed by atoms with van der Waals surface area (Å²) < 4.78 is 26.9. The molecule has 1 unspecified atom stereocenters. The maximum absolute atomic E-state index is 12.7. The van der Waals surface area contributed by atoms with Crippen molar-refractivity contribution in [3.63, 3.8) is 0 Å². The third-order valence-electron chi connectivity index (χ3n) is 4.27. The molecule has 118 valence electrons. The molecule has 0 bridgehead atoms. The van der Waals surface area contributed by atoms with Gasteiger partial charge in [-0.1, -0.05) is 13.0 Å². The fourth-order valence-corrected chi connectivity index (χ4v) is 4.20. The van der Waals surface area contributed by atoms with Gasteiger partial charge >= 0.3 is 0 Å². The van der Waals surface area contributed by atoms with Crippen molar-refractivity contribution in [3.05, 3.63) is 23.8 Å². The summed E-state index contributed by atoms with van der Waals surface area (Å²) in [7, 11) is -3.48. The van der Waals surface area contributed by atoms with Crippen molar-refractivity contribution in [1.29, 1.82) is 0 Å². The zero-order valence-electron chi connectivity index (χ0n) is 13.0. The van der Waals surface area contributed by atoms with E-state index in [1.807, 2.05) is 6.92 Å². The van der Waals surface area contributed by atoms with Crippen LogP contribution < -0.4 is 5.73 Å². The molecule has 0 radical (unpaired) electrons. The van der Waals surface area contributed by atoms with E-state index in [-0.39, 0.29) is 4.90 Å². The van der Waals surface area contributed by atoms with E-state index < -0.39 is 10.0 Å². The number of nitrogen functional groups attached to an aromatic ring is 1. The predicted molar refractivity (Wildman–Crippen MR) is 85.7 cm³/mol. The Hall–Kier alpha value is -1.11. The molecule has 0 aliphatic carbocycles. The van der Waals surface area contributed by atoms with Crippen LogP contribution in [0.3, 0.4) is 0 Å². The Morgan fingerprint density at radius 1 is 1.24 bits per heavy atom. The number of nitrogens with two attached hydrogens (primary N) is 1. The summed E-state index contributed by atoms with van der Waals surface area (Å²) in [5.74, 6) is 0. The number of anilines is 1. The van der Waals surface area contributed by atoms with Crippen molar-refractivity contribution >= 4 is 15.7 Å². The number of hydrogen-bond acceptors (Lipinski definition) is 4. The van der Waals surface area contributed by atoms with Gasteiger partial charge in [0, 0.05) is 32.2 Å². The van der Waals surface area contributed by atoms with E-state index in [0.29, 0.717) is 24.8 Å². The van der Waals surface area contributed by atoms with Crippen molar-refractivity contribution in [3.8, 4) is 0 Å². The molecule has 21 heavy (non-hydrogen) atoms. The molecule has 1 aliphatic heterocycles. The van der Waals surface area contributed by atoms with Crippen LogP contribution in [0, 0.1) is 6.92 Å². The van der Waals surface area contributed by atoms with Crippen LogP contribution in [-0.2, 0) is 10.0 Å². The van der Waals surface area contributed by atoms with Gasteiger partial charge in [-0.05, 0) is 38.0 Å². The van der Waals surface area contributed by atoms with E-state index in [9.17, 15) is 8.42 Å². The van der Waals surface area contributed by atoms with Crippen LogP contribution >= 0.6 is 0 Å². The largest absolute Gasteiger partial charge is 0.398 e.